The molecule has 0 unspecified atom stereocenters. The molecule has 0 amide bonds. The van der Waals surface area contributed by atoms with Gasteiger partial charge in [-0.05, 0) is 78.2 Å². The van der Waals surface area contributed by atoms with Crippen LogP contribution < -0.4 is 0 Å². The van der Waals surface area contributed by atoms with Crippen LogP contribution in [0.25, 0.3) is 78.0 Å². The molecule has 2 aliphatic carbocycles. The van der Waals surface area contributed by atoms with Gasteiger partial charge in [-0.3, -0.25) is 0 Å². The van der Waals surface area contributed by atoms with Crippen molar-refractivity contribution in [3.8, 4) is 56.4 Å². The predicted molar refractivity (Wildman–Crippen MR) is 207 cm³/mol. The molecule has 0 saturated carbocycles. The van der Waals surface area contributed by atoms with E-state index >= 15 is 0 Å². The van der Waals surface area contributed by atoms with Crippen molar-refractivity contribution in [3.05, 3.63) is 198 Å². The molecule has 1 aromatic heterocycles. The van der Waals surface area contributed by atoms with E-state index in [2.05, 4.69) is 152 Å². The number of rotatable bonds is 4. The van der Waals surface area contributed by atoms with Gasteiger partial charge in [0.15, 0.2) is 17.5 Å². The molecule has 236 valence electrons. The van der Waals surface area contributed by atoms with Gasteiger partial charge in [-0.2, -0.15) is 0 Å². The summed E-state index contributed by atoms with van der Waals surface area (Å²) in [6, 6.07) is 63.1. The summed E-state index contributed by atoms with van der Waals surface area (Å²) in [5, 5.41) is 5.26. The molecule has 8 aromatic carbocycles. The summed E-state index contributed by atoms with van der Waals surface area (Å²) >= 11 is 0. The molecule has 1 spiro atoms. The summed E-state index contributed by atoms with van der Waals surface area (Å²) in [5.74, 6) is 1.96. The molecule has 0 radical (unpaired) electrons. The van der Waals surface area contributed by atoms with Crippen molar-refractivity contribution in [1.29, 1.82) is 0 Å². The number of aromatic nitrogens is 3. The molecule has 51 heavy (non-hydrogen) atoms. The van der Waals surface area contributed by atoms with Crippen LogP contribution in [0.5, 0.6) is 0 Å². The third-order valence-electron chi connectivity index (χ3n) is 10.9. The van der Waals surface area contributed by atoms with E-state index in [0.717, 1.165) is 27.8 Å². The van der Waals surface area contributed by atoms with E-state index in [4.69, 9.17) is 15.0 Å². The second-order valence-corrected chi connectivity index (χ2v) is 13.5. The smallest absolute Gasteiger partial charge is 0.164 e. The van der Waals surface area contributed by atoms with E-state index in [0.29, 0.717) is 17.5 Å². The summed E-state index contributed by atoms with van der Waals surface area (Å²) in [7, 11) is 0. The van der Waals surface area contributed by atoms with Crippen molar-refractivity contribution in [2.75, 3.05) is 0 Å². The SMILES string of the molecule is c1ccc(-c2cccc(-c3nc(-c4ccccc4)nc(-c4ccc5c(c4)C4(c6ccccc6-5)c5cccc6ccc7cccc4c7c56)n3)c2)cc1. The van der Waals surface area contributed by atoms with Crippen LogP contribution in [0.15, 0.2) is 176 Å². The lowest BCUT2D eigenvalue weighted by molar-refractivity contribution is 0.797. The Bertz CT molecular complexity index is 2790. The third kappa shape index (κ3) is 3.97. The first-order chi connectivity index (χ1) is 25.3. The minimum atomic E-state index is -0.452. The zero-order valence-electron chi connectivity index (χ0n) is 27.6. The molecule has 0 saturated heterocycles. The number of hydrogen-bond donors (Lipinski definition) is 0. The zero-order chi connectivity index (χ0) is 33.5. The molecule has 11 rings (SSSR count). The number of nitrogens with zero attached hydrogens (tertiary/aromatic N) is 3. The van der Waals surface area contributed by atoms with Gasteiger partial charge in [0.2, 0.25) is 0 Å². The molecule has 3 heteroatoms. The van der Waals surface area contributed by atoms with Gasteiger partial charge in [0.1, 0.15) is 0 Å². The first kappa shape index (κ1) is 28.2. The van der Waals surface area contributed by atoms with Gasteiger partial charge in [0.25, 0.3) is 0 Å². The fourth-order valence-corrected chi connectivity index (χ4v) is 8.74. The minimum absolute atomic E-state index is 0.452. The molecular weight excluding hydrogens is 619 g/mol. The Labute approximate surface area is 295 Å². The van der Waals surface area contributed by atoms with Crippen molar-refractivity contribution in [2.24, 2.45) is 0 Å². The van der Waals surface area contributed by atoms with Crippen LogP contribution in [0.2, 0.25) is 0 Å². The number of fused-ring (bicyclic) bond motifs is 7. The van der Waals surface area contributed by atoms with Gasteiger partial charge in [0, 0.05) is 16.7 Å². The lowest BCUT2D eigenvalue weighted by Crippen LogP contribution is -2.26. The standard InChI is InChI=1S/C48H29N3/c1-3-12-30(13-4-1)34-18-9-19-35(28-34)46-49-45(33-14-5-2-6-15-33)50-47(51-46)36-26-27-38-37-20-7-8-21-39(37)48(42(38)29-36)40-22-10-16-31-24-25-32-17-11-23-41(48)44(32)43(31)40/h1-29H. The number of hydrogen-bond acceptors (Lipinski definition) is 3. The Balaban J connectivity index is 1.16. The molecule has 0 atom stereocenters. The lowest BCUT2D eigenvalue weighted by atomic mass is 9.70. The van der Waals surface area contributed by atoms with E-state index in [1.54, 1.807) is 0 Å². The Morgan fingerprint density at radius 3 is 1.47 bits per heavy atom. The van der Waals surface area contributed by atoms with Crippen LogP contribution >= 0.6 is 0 Å². The van der Waals surface area contributed by atoms with Gasteiger partial charge in [-0.1, -0.05) is 164 Å². The highest BCUT2D eigenvalue weighted by Crippen LogP contribution is 2.62. The maximum absolute atomic E-state index is 5.22. The molecule has 2 aliphatic rings. The second kappa shape index (κ2) is 10.6. The molecule has 0 fully saturated rings. The average molecular weight is 648 g/mol. The van der Waals surface area contributed by atoms with Gasteiger partial charge in [0.05, 0.1) is 5.41 Å². The minimum Gasteiger partial charge on any atom is -0.208 e. The van der Waals surface area contributed by atoms with E-state index < -0.39 is 5.41 Å². The molecular formula is C48H29N3. The second-order valence-electron chi connectivity index (χ2n) is 13.5. The van der Waals surface area contributed by atoms with Crippen molar-refractivity contribution >= 4 is 21.5 Å². The summed E-state index contributed by atoms with van der Waals surface area (Å²) in [4.78, 5) is 15.4. The van der Waals surface area contributed by atoms with Crippen molar-refractivity contribution in [2.45, 2.75) is 5.41 Å². The number of benzene rings is 8. The normalized spacial score (nSPS) is 13.3. The molecule has 0 N–H and O–H groups in total. The highest BCUT2D eigenvalue weighted by Gasteiger charge is 2.50. The van der Waals surface area contributed by atoms with Gasteiger partial charge < -0.3 is 0 Å². The van der Waals surface area contributed by atoms with Crippen LogP contribution in [0.3, 0.4) is 0 Å². The topological polar surface area (TPSA) is 38.7 Å². The molecule has 1 heterocycles. The van der Waals surface area contributed by atoms with Crippen molar-refractivity contribution < 1.29 is 0 Å². The quantitative estimate of drug-likeness (QED) is 0.178. The Morgan fingerprint density at radius 2 is 0.784 bits per heavy atom. The predicted octanol–water partition coefficient (Wildman–Crippen LogP) is 11.5. The Hall–Kier alpha value is -6.71. The summed E-state index contributed by atoms with van der Waals surface area (Å²) in [6.07, 6.45) is 0. The molecule has 3 nitrogen and oxygen atoms in total. The Morgan fingerprint density at radius 1 is 0.294 bits per heavy atom. The molecule has 9 aromatic rings. The van der Waals surface area contributed by atoms with Crippen LogP contribution in [-0.2, 0) is 5.41 Å². The van der Waals surface area contributed by atoms with E-state index in [1.807, 2.05) is 24.3 Å². The maximum atomic E-state index is 5.22. The monoisotopic (exact) mass is 647 g/mol. The summed E-state index contributed by atoms with van der Waals surface area (Å²) in [6.45, 7) is 0. The maximum Gasteiger partial charge on any atom is 0.164 e. The third-order valence-corrected chi connectivity index (χ3v) is 10.9. The fourth-order valence-electron chi connectivity index (χ4n) is 8.74. The Kier molecular flexibility index (Phi) is 5.88. The van der Waals surface area contributed by atoms with Crippen molar-refractivity contribution in [1.82, 2.24) is 15.0 Å². The largest absolute Gasteiger partial charge is 0.208 e. The zero-order valence-corrected chi connectivity index (χ0v) is 27.6. The fraction of sp³-hybridized carbons (Fsp3) is 0.0208. The molecule has 0 aliphatic heterocycles. The highest BCUT2D eigenvalue weighted by molar-refractivity contribution is 6.17. The van der Waals surface area contributed by atoms with Crippen LogP contribution in [0.1, 0.15) is 22.3 Å². The van der Waals surface area contributed by atoms with Crippen molar-refractivity contribution in [3.63, 3.8) is 0 Å². The van der Waals surface area contributed by atoms with Gasteiger partial charge in [-0.25, -0.2) is 15.0 Å². The van der Waals surface area contributed by atoms with Gasteiger partial charge >= 0.3 is 0 Å². The van der Waals surface area contributed by atoms with Crippen LogP contribution in [0, 0.1) is 0 Å². The lowest BCUT2D eigenvalue weighted by Gasteiger charge is -2.31. The first-order valence-electron chi connectivity index (χ1n) is 17.4. The molecule has 0 bridgehead atoms. The van der Waals surface area contributed by atoms with E-state index in [1.165, 1.54) is 54.9 Å². The van der Waals surface area contributed by atoms with E-state index in [9.17, 15) is 0 Å². The average Bonchev–Trinajstić information content (AvgIpc) is 3.68. The van der Waals surface area contributed by atoms with Crippen LogP contribution in [0.4, 0.5) is 0 Å². The first-order valence-corrected chi connectivity index (χ1v) is 17.4. The van der Waals surface area contributed by atoms with Gasteiger partial charge in [-0.15, -0.1) is 0 Å². The summed E-state index contributed by atoms with van der Waals surface area (Å²) in [5.41, 5.74) is 12.5. The highest BCUT2D eigenvalue weighted by atomic mass is 15.0. The summed E-state index contributed by atoms with van der Waals surface area (Å²) < 4.78 is 0. The van der Waals surface area contributed by atoms with E-state index in [-0.39, 0.29) is 0 Å². The van der Waals surface area contributed by atoms with Crippen LogP contribution in [-0.4, -0.2) is 15.0 Å².